The highest BCUT2D eigenvalue weighted by Crippen LogP contribution is 2.28. The zero-order valence-electron chi connectivity index (χ0n) is 17.0. The Bertz CT molecular complexity index is 927. The molecule has 1 fully saturated rings. The quantitative estimate of drug-likeness (QED) is 0.735. The molecule has 6 nitrogen and oxygen atoms in total. The molecule has 0 radical (unpaired) electrons. The van der Waals surface area contributed by atoms with Gasteiger partial charge in [0, 0.05) is 30.0 Å². The van der Waals surface area contributed by atoms with Crippen LogP contribution in [-0.2, 0) is 24.2 Å². The lowest BCUT2D eigenvalue weighted by molar-refractivity contribution is -0.128. The normalized spacial score (nSPS) is 16.5. The second-order valence-electron chi connectivity index (χ2n) is 8.00. The van der Waals surface area contributed by atoms with E-state index >= 15 is 0 Å². The van der Waals surface area contributed by atoms with E-state index in [9.17, 15) is 14.4 Å². The van der Waals surface area contributed by atoms with Crippen molar-refractivity contribution in [1.29, 1.82) is 0 Å². The van der Waals surface area contributed by atoms with E-state index < -0.39 is 0 Å². The Kier molecular flexibility index (Phi) is 6.47. The summed E-state index contributed by atoms with van der Waals surface area (Å²) >= 11 is 1.53. The van der Waals surface area contributed by atoms with Crippen LogP contribution in [0.2, 0.25) is 0 Å². The number of nitrogens with one attached hydrogen (secondary N) is 2. The molecule has 0 unspecified atom stereocenters. The van der Waals surface area contributed by atoms with E-state index in [-0.39, 0.29) is 17.7 Å². The Hall–Kier alpha value is -2.67. The molecule has 2 N–H and O–H groups in total. The van der Waals surface area contributed by atoms with Crippen molar-refractivity contribution in [3.63, 3.8) is 0 Å². The molecule has 2 aromatic rings. The number of carbonyl (C=O) groups is 3. The third-order valence-corrected chi connectivity index (χ3v) is 6.98. The summed E-state index contributed by atoms with van der Waals surface area (Å²) in [7, 11) is 0. The van der Waals surface area contributed by atoms with Gasteiger partial charge in [0.05, 0.1) is 4.88 Å². The topological polar surface area (TPSA) is 78.5 Å². The highest BCUT2D eigenvalue weighted by Gasteiger charge is 2.20. The van der Waals surface area contributed by atoms with Gasteiger partial charge in [0.1, 0.15) is 0 Å². The smallest absolute Gasteiger partial charge is 0.279 e. The van der Waals surface area contributed by atoms with Gasteiger partial charge in [0.15, 0.2) is 0 Å². The summed E-state index contributed by atoms with van der Waals surface area (Å²) < 4.78 is 0. The first kappa shape index (κ1) is 20.6. The molecule has 2 heterocycles. The number of rotatable bonds is 4. The second-order valence-corrected chi connectivity index (χ2v) is 9.14. The van der Waals surface area contributed by atoms with Crippen LogP contribution in [0.4, 0.5) is 0 Å². The van der Waals surface area contributed by atoms with Gasteiger partial charge in [0.25, 0.3) is 11.8 Å². The molecule has 1 aromatic heterocycles. The van der Waals surface area contributed by atoms with Crippen LogP contribution < -0.4 is 10.9 Å². The Balaban J connectivity index is 1.35. The van der Waals surface area contributed by atoms with Gasteiger partial charge < -0.3 is 4.90 Å². The zero-order valence-corrected chi connectivity index (χ0v) is 17.9. The molecule has 3 amide bonds. The summed E-state index contributed by atoms with van der Waals surface area (Å²) in [4.78, 5) is 40.6. The van der Waals surface area contributed by atoms with E-state index in [1.165, 1.54) is 47.5 Å². The third kappa shape index (κ3) is 4.90. The van der Waals surface area contributed by atoms with E-state index in [2.05, 4.69) is 10.9 Å². The van der Waals surface area contributed by atoms with Crippen LogP contribution in [0, 0.1) is 0 Å². The molecule has 1 aliphatic carbocycles. The number of amides is 3. The highest BCUT2D eigenvalue weighted by molar-refractivity contribution is 7.14. The number of benzene rings is 1. The van der Waals surface area contributed by atoms with Crippen molar-refractivity contribution in [3.05, 3.63) is 56.8 Å². The maximum atomic E-state index is 12.5. The van der Waals surface area contributed by atoms with Crippen molar-refractivity contribution in [2.45, 2.75) is 57.9 Å². The van der Waals surface area contributed by atoms with Crippen LogP contribution in [0.25, 0.3) is 0 Å². The number of thiophene rings is 1. The van der Waals surface area contributed by atoms with E-state index in [0.717, 1.165) is 31.4 Å². The fraction of sp³-hybridized carbons (Fsp3) is 0.435. The van der Waals surface area contributed by atoms with Crippen molar-refractivity contribution in [2.24, 2.45) is 0 Å². The molecular weight excluding hydrogens is 398 g/mol. The monoisotopic (exact) mass is 425 g/mol. The fourth-order valence-electron chi connectivity index (χ4n) is 4.11. The van der Waals surface area contributed by atoms with Gasteiger partial charge in [-0.2, -0.15) is 0 Å². The number of likely N-dealkylation sites (tertiary alicyclic amines) is 1. The molecule has 0 spiro atoms. The Morgan fingerprint density at radius 3 is 2.53 bits per heavy atom. The van der Waals surface area contributed by atoms with E-state index in [1.54, 1.807) is 18.2 Å². The van der Waals surface area contributed by atoms with Crippen LogP contribution >= 0.6 is 11.3 Å². The summed E-state index contributed by atoms with van der Waals surface area (Å²) in [5, 5.41) is 0. The van der Waals surface area contributed by atoms with Gasteiger partial charge >= 0.3 is 0 Å². The standard InChI is InChI=1S/C23H27N3O3S/c27-21-11-6-12-26(21)15-16-7-5-9-18(13-16)22(28)24-25-23(29)20-14-17-8-3-1-2-4-10-19(17)30-20/h5,7,9,13-14H,1-4,6,8,10-12,15H2,(H,24,28)(H,25,29). The highest BCUT2D eigenvalue weighted by atomic mass is 32.1. The molecule has 0 saturated carbocycles. The van der Waals surface area contributed by atoms with Crippen LogP contribution in [0.1, 0.15) is 74.6 Å². The van der Waals surface area contributed by atoms with Crippen molar-refractivity contribution < 1.29 is 14.4 Å². The molecule has 7 heteroatoms. The first-order valence-electron chi connectivity index (χ1n) is 10.7. The average molecular weight is 426 g/mol. The lowest BCUT2D eigenvalue weighted by Gasteiger charge is -2.16. The average Bonchev–Trinajstić information content (AvgIpc) is 3.32. The van der Waals surface area contributed by atoms with Gasteiger partial charge in [-0.05, 0) is 61.4 Å². The molecular formula is C23H27N3O3S. The number of aryl methyl sites for hydroxylation is 2. The van der Waals surface area contributed by atoms with Crippen LogP contribution in [0.15, 0.2) is 30.3 Å². The minimum absolute atomic E-state index is 0.155. The summed E-state index contributed by atoms with van der Waals surface area (Å²) in [5.74, 6) is -0.492. The van der Waals surface area contributed by atoms with Gasteiger partial charge in [0.2, 0.25) is 5.91 Å². The van der Waals surface area contributed by atoms with Crippen molar-refractivity contribution in [3.8, 4) is 0 Å². The minimum Gasteiger partial charge on any atom is -0.338 e. The largest absolute Gasteiger partial charge is 0.338 e. The summed E-state index contributed by atoms with van der Waals surface area (Å²) in [6.45, 7) is 1.27. The molecule has 0 atom stereocenters. The number of carbonyl (C=O) groups excluding carboxylic acids is 3. The molecule has 4 rings (SSSR count). The lowest BCUT2D eigenvalue weighted by atomic mass is 10.00. The number of hydrogen-bond donors (Lipinski definition) is 2. The summed E-state index contributed by atoms with van der Waals surface area (Å²) in [5.41, 5.74) is 7.70. The SMILES string of the molecule is O=C(NNC(=O)c1cc2c(s1)CCCCCC2)c1cccc(CN2CCCC2=O)c1. The summed E-state index contributed by atoms with van der Waals surface area (Å²) in [6.07, 6.45) is 8.38. The molecule has 2 aliphatic rings. The number of fused-ring (bicyclic) bond motifs is 1. The van der Waals surface area contributed by atoms with Crippen molar-refractivity contribution in [1.82, 2.24) is 15.8 Å². The van der Waals surface area contributed by atoms with Gasteiger partial charge in [-0.15, -0.1) is 11.3 Å². The number of nitrogens with zero attached hydrogens (tertiary/aromatic N) is 1. The van der Waals surface area contributed by atoms with Crippen molar-refractivity contribution in [2.75, 3.05) is 6.54 Å². The molecule has 158 valence electrons. The summed E-state index contributed by atoms with van der Waals surface area (Å²) in [6, 6.07) is 9.15. The number of hydrazine groups is 1. The zero-order chi connectivity index (χ0) is 20.9. The first-order chi connectivity index (χ1) is 14.6. The van der Waals surface area contributed by atoms with E-state index in [1.807, 2.05) is 17.0 Å². The van der Waals surface area contributed by atoms with Gasteiger partial charge in [-0.3, -0.25) is 25.2 Å². The van der Waals surface area contributed by atoms with Crippen LogP contribution in [0.3, 0.4) is 0 Å². The van der Waals surface area contributed by atoms with Crippen molar-refractivity contribution >= 4 is 29.1 Å². The van der Waals surface area contributed by atoms with Crippen LogP contribution in [-0.4, -0.2) is 29.2 Å². The van der Waals surface area contributed by atoms with E-state index in [4.69, 9.17) is 0 Å². The lowest BCUT2D eigenvalue weighted by Crippen LogP contribution is -2.41. The Morgan fingerprint density at radius 1 is 0.933 bits per heavy atom. The minimum atomic E-state index is -0.368. The third-order valence-electron chi connectivity index (χ3n) is 5.74. The fourth-order valence-corrected chi connectivity index (χ4v) is 5.25. The molecule has 1 aromatic carbocycles. The molecule has 30 heavy (non-hydrogen) atoms. The van der Waals surface area contributed by atoms with E-state index in [0.29, 0.717) is 23.4 Å². The Morgan fingerprint density at radius 2 is 1.73 bits per heavy atom. The molecule has 1 saturated heterocycles. The predicted molar refractivity (Wildman–Crippen MR) is 116 cm³/mol. The molecule has 0 bridgehead atoms. The maximum absolute atomic E-state index is 12.5. The first-order valence-corrected chi connectivity index (χ1v) is 11.5. The predicted octanol–water partition coefficient (Wildman–Crippen LogP) is 3.60. The van der Waals surface area contributed by atoms with Gasteiger partial charge in [-0.1, -0.05) is 25.0 Å². The maximum Gasteiger partial charge on any atom is 0.279 e. The van der Waals surface area contributed by atoms with Gasteiger partial charge in [-0.25, -0.2) is 0 Å². The molecule has 1 aliphatic heterocycles. The second kappa shape index (κ2) is 9.43. The number of hydrogen-bond acceptors (Lipinski definition) is 4. The Labute approximate surface area is 180 Å². The van der Waals surface area contributed by atoms with Crippen LogP contribution in [0.5, 0.6) is 0 Å².